The molecule has 3 rings (SSSR count). The fraction of sp³-hybridized carbons (Fsp3) is 0.312. The third kappa shape index (κ3) is 3.24. The quantitative estimate of drug-likeness (QED) is 0.551. The summed E-state index contributed by atoms with van der Waals surface area (Å²) >= 11 is 1.46. The summed E-state index contributed by atoms with van der Waals surface area (Å²) < 4.78 is 5.24. The number of nitrogens with one attached hydrogen (secondary N) is 1. The summed E-state index contributed by atoms with van der Waals surface area (Å²) in [5.41, 5.74) is 1.40. The lowest BCUT2D eigenvalue weighted by molar-refractivity contribution is 0.468. The number of aromatic hydroxyl groups is 1. The first-order chi connectivity index (χ1) is 11.1. The minimum Gasteiger partial charge on any atom is -0.508 e. The Bertz CT molecular complexity index is 901. The van der Waals surface area contributed by atoms with E-state index in [-0.39, 0.29) is 5.75 Å². The molecule has 6 nitrogen and oxygen atoms in total. The van der Waals surface area contributed by atoms with Gasteiger partial charge < -0.3 is 9.52 Å². The van der Waals surface area contributed by atoms with Crippen molar-refractivity contribution in [1.29, 1.82) is 0 Å². The molecule has 0 unspecified atom stereocenters. The standard InChI is InChI=1S/C16H17N3O3S/c1-3-4-13-17-16(19-18-13)23-8-10-7-14(21)22-15-9(2)12(20)6-5-11(10)15/h5-7,20H,3-4,8H2,1-2H3,(H,17,18,19). The highest BCUT2D eigenvalue weighted by molar-refractivity contribution is 7.98. The number of nitrogens with zero attached hydrogens (tertiary/aromatic N) is 2. The molecule has 0 amide bonds. The summed E-state index contributed by atoms with van der Waals surface area (Å²) in [6.07, 6.45) is 1.87. The highest BCUT2D eigenvalue weighted by Crippen LogP contribution is 2.30. The fourth-order valence-electron chi connectivity index (χ4n) is 2.37. The number of hydrogen-bond donors (Lipinski definition) is 2. The molecule has 2 N–H and O–H groups in total. The predicted molar refractivity (Wildman–Crippen MR) is 88.8 cm³/mol. The molecule has 23 heavy (non-hydrogen) atoms. The third-order valence-corrected chi connectivity index (χ3v) is 4.47. The van der Waals surface area contributed by atoms with Gasteiger partial charge in [-0.2, -0.15) is 0 Å². The van der Waals surface area contributed by atoms with E-state index < -0.39 is 5.63 Å². The minimum atomic E-state index is -0.427. The molecular weight excluding hydrogens is 314 g/mol. The van der Waals surface area contributed by atoms with Crippen molar-refractivity contribution in [3.05, 3.63) is 45.6 Å². The first kappa shape index (κ1) is 15.6. The van der Waals surface area contributed by atoms with Gasteiger partial charge in [-0.05, 0) is 31.0 Å². The summed E-state index contributed by atoms with van der Waals surface area (Å²) in [4.78, 5) is 16.2. The monoisotopic (exact) mass is 331 g/mol. The second-order valence-electron chi connectivity index (χ2n) is 5.28. The smallest absolute Gasteiger partial charge is 0.336 e. The van der Waals surface area contributed by atoms with Crippen LogP contribution < -0.4 is 5.63 Å². The number of rotatable bonds is 5. The Morgan fingerprint density at radius 2 is 2.22 bits per heavy atom. The number of aryl methyl sites for hydroxylation is 2. The molecule has 7 heteroatoms. The maximum absolute atomic E-state index is 11.8. The Morgan fingerprint density at radius 3 is 3.00 bits per heavy atom. The predicted octanol–water partition coefficient (Wildman–Crippen LogP) is 3.17. The number of fused-ring (bicyclic) bond motifs is 1. The molecular formula is C16H17N3O3S. The Balaban J connectivity index is 1.90. The fourth-order valence-corrected chi connectivity index (χ4v) is 3.18. The van der Waals surface area contributed by atoms with E-state index in [4.69, 9.17) is 4.42 Å². The normalized spacial score (nSPS) is 11.2. The van der Waals surface area contributed by atoms with Gasteiger partial charge in [0.25, 0.3) is 0 Å². The van der Waals surface area contributed by atoms with Crippen LogP contribution in [0.3, 0.4) is 0 Å². The number of aromatic amines is 1. The molecule has 2 heterocycles. The van der Waals surface area contributed by atoms with Crippen molar-refractivity contribution >= 4 is 22.7 Å². The molecule has 120 valence electrons. The van der Waals surface area contributed by atoms with Crippen LogP contribution in [0, 0.1) is 6.92 Å². The second kappa shape index (κ2) is 6.45. The lowest BCUT2D eigenvalue weighted by atomic mass is 10.1. The van der Waals surface area contributed by atoms with E-state index in [1.54, 1.807) is 19.1 Å². The molecule has 0 aliphatic carbocycles. The van der Waals surface area contributed by atoms with Gasteiger partial charge >= 0.3 is 5.63 Å². The zero-order valence-corrected chi connectivity index (χ0v) is 13.7. The van der Waals surface area contributed by atoms with Gasteiger partial charge in [0.2, 0.25) is 5.16 Å². The van der Waals surface area contributed by atoms with Gasteiger partial charge in [-0.25, -0.2) is 9.78 Å². The number of H-pyrrole nitrogens is 1. The summed E-state index contributed by atoms with van der Waals surface area (Å²) in [6.45, 7) is 3.81. The molecule has 0 radical (unpaired) electrons. The van der Waals surface area contributed by atoms with E-state index in [1.165, 1.54) is 17.8 Å². The van der Waals surface area contributed by atoms with Gasteiger partial charge in [-0.3, -0.25) is 5.10 Å². The topological polar surface area (TPSA) is 92.0 Å². The molecule has 0 saturated heterocycles. The van der Waals surface area contributed by atoms with Crippen molar-refractivity contribution in [2.75, 3.05) is 0 Å². The SMILES string of the molecule is CCCc1nc(SCc2cc(=O)oc3c(C)c(O)ccc23)n[nH]1. The number of phenols is 1. The van der Waals surface area contributed by atoms with Gasteiger partial charge in [0.1, 0.15) is 17.2 Å². The van der Waals surface area contributed by atoms with Gasteiger partial charge in [0, 0.05) is 29.2 Å². The molecule has 0 saturated carbocycles. The van der Waals surface area contributed by atoms with E-state index in [9.17, 15) is 9.90 Å². The van der Waals surface area contributed by atoms with E-state index in [0.29, 0.717) is 22.1 Å². The Kier molecular flexibility index (Phi) is 4.38. The van der Waals surface area contributed by atoms with Gasteiger partial charge in [0.05, 0.1) is 0 Å². The molecule has 0 aliphatic rings. The Morgan fingerprint density at radius 1 is 1.39 bits per heavy atom. The molecule has 0 atom stereocenters. The molecule has 2 aromatic heterocycles. The van der Waals surface area contributed by atoms with E-state index in [2.05, 4.69) is 22.1 Å². The zero-order valence-electron chi connectivity index (χ0n) is 12.9. The van der Waals surface area contributed by atoms with Crippen LogP contribution in [-0.2, 0) is 12.2 Å². The van der Waals surface area contributed by atoms with E-state index in [1.807, 2.05) is 0 Å². The van der Waals surface area contributed by atoms with Crippen LogP contribution in [0.1, 0.15) is 30.3 Å². The summed E-state index contributed by atoms with van der Waals surface area (Å²) in [6, 6.07) is 4.85. The third-order valence-electron chi connectivity index (χ3n) is 3.57. The largest absolute Gasteiger partial charge is 0.508 e. The molecule has 0 aliphatic heterocycles. The average molecular weight is 331 g/mol. The average Bonchev–Trinajstić information content (AvgIpc) is 2.97. The lowest BCUT2D eigenvalue weighted by Crippen LogP contribution is -2.01. The van der Waals surface area contributed by atoms with E-state index in [0.717, 1.165) is 29.6 Å². The molecule has 0 bridgehead atoms. The number of aromatic nitrogens is 3. The lowest BCUT2D eigenvalue weighted by Gasteiger charge is -2.07. The highest BCUT2D eigenvalue weighted by atomic mass is 32.2. The number of phenolic OH excluding ortho intramolecular Hbond substituents is 1. The van der Waals surface area contributed by atoms with Gasteiger partial charge in [-0.1, -0.05) is 18.7 Å². The molecule has 0 fully saturated rings. The van der Waals surface area contributed by atoms with Crippen LogP contribution in [-0.4, -0.2) is 20.3 Å². The van der Waals surface area contributed by atoms with Crippen molar-refractivity contribution in [1.82, 2.24) is 15.2 Å². The maximum atomic E-state index is 11.8. The molecule has 0 spiro atoms. The van der Waals surface area contributed by atoms with Gasteiger partial charge in [-0.15, -0.1) is 5.10 Å². The Labute approximate surface area is 136 Å². The van der Waals surface area contributed by atoms with Crippen molar-refractivity contribution in [3.8, 4) is 5.75 Å². The van der Waals surface area contributed by atoms with Crippen molar-refractivity contribution in [2.24, 2.45) is 0 Å². The highest BCUT2D eigenvalue weighted by Gasteiger charge is 2.12. The van der Waals surface area contributed by atoms with Crippen LogP contribution in [0.5, 0.6) is 5.75 Å². The summed E-state index contributed by atoms with van der Waals surface area (Å²) in [5, 5.41) is 18.3. The first-order valence-corrected chi connectivity index (χ1v) is 8.36. The van der Waals surface area contributed by atoms with Crippen molar-refractivity contribution in [3.63, 3.8) is 0 Å². The van der Waals surface area contributed by atoms with E-state index >= 15 is 0 Å². The maximum Gasteiger partial charge on any atom is 0.336 e. The second-order valence-corrected chi connectivity index (χ2v) is 6.22. The van der Waals surface area contributed by atoms with Crippen LogP contribution in [0.15, 0.2) is 32.6 Å². The molecule has 1 aromatic carbocycles. The van der Waals surface area contributed by atoms with Crippen LogP contribution in [0.25, 0.3) is 11.0 Å². The minimum absolute atomic E-state index is 0.114. The van der Waals surface area contributed by atoms with Crippen LogP contribution >= 0.6 is 11.8 Å². The number of thioether (sulfide) groups is 1. The van der Waals surface area contributed by atoms with Gasteiger partial charge in [0.15, 0.2) is 0 Å². The molecule has 3 aromatic rings. The van der Waals surface area contributed by atoms with Crippen molar-refractivity contribution < 1.29 is 9.52 Å². The summed E-state index contributed by atoms with van der Waals surface area (Å²) in [7, 11) is 0. The zero-order chi connectivity index (χ0) is 16.4. The van der Waals surface area contributed by atoms with Crippen LogP contribution in [0.4, 0.5) is 0 Å². The van der Waals surface area contributed by atoms with Crippen molar-refractivity contribution in [2.45, 2.75) is 37.6 Å². The Hall–Kier alpha value is -2.28. The summed E-state index contributed by atoms with van der Waals surface area (Å²) in [5.74, 6) is 1.53. The van der Waals surface area contributed by atoms with Crippen LogP contribution in [0.2, 0.25) is 0 Å². The number of hydrogen-bond acceptors (Lipinski definition) is 6. The first-order valence-electron chi connectivity index (χ1n) is 7.38. The number of benzene rings is 1.